The number of rotatable bonds is 6. The molecule has 0 unspecified atom stereocenters. The highest BCUT2D eigenvalue weighted by molar-refractivity contribution is 5.77. The first-order chi connectivity index (χ1) is 15.8. The molecule has 3 heterocycles. The van der Waals surface area contributed by atoms with E-state index in [0.29, 0.717) is 18.5 Å². The van der Waals surface area contributed by atoms with Gasteiger partial charge in [0.1, 0.15) is 0 Å². The molecule has 3 aromatic heterocycles. The average Bonchev–Trinajstić information content (AvgIpc) is 3.30. The lowest BCUT2D eigenvalue weighted by atomic mass is 9.95. The summed E-state index contributed by atoms with van der Waals surface area (Å²) in [6.45, 7) is 2.74. The molecule has 0 radical (unpaired) electrons. The molecule has 0 saturated heterocycles. The number of hydrogen-bond acceptors (Lipinski definition) is 5. The van der Waals surface area contributed by atoms with Gasteiger partial charge in [-0.15, -0.1) is 0 Å². The molecule has 1 aliphatic carbocycles. The van der Waals surface area contributed by atoms with E-state index in [1.165, 1.54) is 37.7 Å². The molecule has 32 heavy (non-hydrogen) atoms. The van der Waals surface area contributed by atoms with Crippen LogP contribution in [0, 0.1) is 6.92 Å². The summed E-state index contributed by atoms with van der Waals surface area (Å²) in [5.74, 6) is 0.609. The van der Waals surface area contributed by atoms with Gasteiger partial charge in [-0.2, -0.15) is 0 Å². The SMILES string of the molecule is Cc1ccc(-c2ncn(C3CCCCC3)c2-c2ccnc(NCc3cccnc3)n2)cc1. The van der Waals surface area contributed by atoms with Gasteiger partial charge in [0, 0.05) is 36.7 Å². The van der Waals surface area contributed by atoms with Crippen molar-refractivity contribution in [1.82, 2.24) is 24.5 Å². The van der Waals surface area contributed by atoms with Crippen LogP contribution in [-0.2, 0) is 6.54 Å². The summed E-state index contributed by atoms with van der Waals surface area (Å²) in [4.78, 5) is 18.4. The van der Waals surface area contributed by atoms with Gasteiger partial charge in [-0.25, -0.2) is 15.0 Å². The Hall–Kier alpha value is -3.54. The predicted octanol–water partition coefficient (Wildman–Crippen LogP) is 5.83. The van der Waals surface area contributed by atoms with Crippen LogP contribution >= 0.6 is 0 Å². The molecule has 6 heteroatoms. The highest BCUT2D eigenvalue weighted by Crippen LogP contribution is 2.37. The van der Waals surface area contributed by atoms with E-state index >= 15 is 0 Å². The number of nitrogens with one attached hydrogen (secondary N) is 1. The molecule has 0 spiro atoms. The van der Waals surface area contributed by atoms with Crippen LogP contribution in [0.5, 0.6) is 0 Å². The van der Waals surface area contributed by atoms with E-state index in [1.807, 2.05) is 36.9 Å². The molecule has 1 aromatic carbocycles. The van der Waals surface area contributed by atoms with Crippen molar-refractivity contribution in [1.29, 1.82) is 0 Å². The number of anilines is 1. The smallest absolute Gasteiger partial charge is 0.223 e. The second-order valence-corrected chi connectivity index (χ2v) is 8.49. The fraction of sp³-hybridized carbons (Fsp3) is 0.308. The molecule has 5 rings (SSSR count). The van der Waals surface area contributed by atoms with Crippen molar-refractivity contribution in [2.24, 2.45) is 0 Å². The highest BCUT2D eigenvalue weighted by Gasteiger charge is 2.23. The lowest BCUT2D eigenvalue weighted by molar-refractivity contribution is 0.355. The molecule has 6 nitrogen and oxygen atoms in total. The number of hydrogen-bond donors (Lipinski definition) is 1. The fourth-order valence-corrected chi connectivity index (χ4v) is 4.43. The third kappa shape index (κ3) is 4.40. The molecule has 4 aromatic rings. The maximum Gasteiger partial charge on any atom is 0.223 e. The number of aromatic nitrogens is 5. The van der Waals surface area contributed by atoms with Gasteiger partial charge in [0.25, 0.3) is 0 Å². The first-order valence-corrected chi connectivity index (χ1v) is 11.4. The van der Waals surface area contributed by atoms with Crippen molar-refractivity contribution < 1.29 is 0 Å². The quantitative estimate of drug-likeness (QED) is 0.422. The van der Waals surface area contributed by atoms with E-state index in [9.17, 15) is 0 Å². The monoisotopic (exact) mass is 424 g/mol. The van der Waals surface area contributed by atoms with Gasteiger partial charge >= 0.3 is 0 Å². The number of nitrogens with zero attached hydrogens (tertiary/aromatic N) is 5. The zero-order chi connectivity index (χ0) is 21.8. The number of pyridine rings is 1. The van der Waals surface area contributed by atoms with Crippen LogP contribution < -0.4 is 5.32 Å². The fourth-order valence-electron chi connectivity index (χ4n) is 4.43. The van der Waals surface area contributed by atoms with Crippen LogP contribution in [0.25, 0.3) is 22.6 Å². The highest BCUT2D eigenvalue weighted by atomic mass is 15.1. The van der Waals surface area contributed by atoms with Gasteiger partial charge in [0.05, 0.1) is 23.4 Å². The van der Waals surface area contributed by atoms with Crippen LogP contribution in [0.1, 0.15) is 49.3 Å². The zero-order valence-electron chi connectivity index (χ0n) is 18.4. The minimum absolute atomic E-state index is 0.465. The molecule has 0 atom stereocenters. The van der Waals surface area contributed by atoms with Crippen LogP contribution in [0.2, 0.25) is 0 Å². The summed E-state index contributed by atoms with van der Waals surface area (Å²) >= 11 is 0. The van der Waals surface area contributed by atoms with Gasteiger partial charge in [-0.1, -0.05) is 55.2 Å². The molecule has 1 fully saturated rings. The Morgan fingerprint density at radius 1 is 0.969 bits per heavy atom. The van der Waals surface area contributed by atoms with E-state index in [1.54, 1.807) is 6.20 Å². The number of aryl methyl sites for hydroxylation is 1. The normalized spacial score (nSPS) is 14.4. The standard InChI is InChI=1S/C26H28N6/c1-19-9-11-21(12-10-19)24-25(32(18-30-24)22-7-3-2-4-8-22)23-13-15-28-26(31-23)29-17-20-6-5-14-27-16-20/h5-6,9-16,18,22H,2-4,7-8,17H2,1H3,(H,28,29,31). The summed E-state index contributed by atoms with van der Waals surface area (Å²) in [5, 5.41) is 3.34. The molecule has 0 aliphatic heterocycles. The van der Waals surface area contributed by atoms with Crippen LogP contribution in [0.4, 0.5) is 5.95 Å². The van der Waals surface area contributed by atoms with Crippen molar-refractivity contribution in [3.05, 3.63) is 78.5 Å². The summed E-state index contributed by atoms with van der Waals surface area (Å²) in [6, 6.07) is 15.0. The van der Waals surface area contributed by atoms with Crippen LogP contribution in [-0.4, -0.2) is 24.5 Å². The number of imidazole rings is 1. The van der Waals surface area contributed by atoms with Gasteiger partial charge in [0.2, 0.25) is 5.95 Å². The minimum Gasteiger partial charge on any atom is -0.350 e. The second-order valence-electron chi connectivity index (χ2n) is 8.49. The molecule has 162 valence electrons. The Bertz CT molecular complexity index is 1160. The van der Waals surface area contributed by atoms with Crippen LogP contribution in [0.3, 0.4) is 0 Å². The average molecular weight is 425 g/mol. The maximum absolute atomic E-state index is 4.89. The van der Waals surface area contributed by atoms with Crippen molar-refractivity contribution in [3.63, 3.8) is 0 Å². The lowest BCUT2D eigenvalue weighted by Crippen LogP contribution is -2.14. The largest absolute Gasteiger partial charge is 0.350 e. The van der Waals surface area contributed by atoms with Gasteiger partial charge in [-0.05, 0) is 37.5 Å². The molecule has 0 amide bonds. The number of benzene rings is 1. The van der Waals surface area contributed by atoms with Gasteiger partial charge in [-0.3, -0.25) is 4.98 Å². The third-order valence-electron chi connectivity index (χ3n) is 6.16. The van der Waals surface area contributed by atoms with Crippen molar-refractivity contribution in [2.45, 2.75) is 51.6 Å². The van der Waals surface area contributed by atoms with E-state index < -0.39 is 0 Å². The van der Waals surface area contributed by atoms with E-state index in [4.69, 9.17) is 9.97 Å². The van der Waals surface area contributed by atoms with Crippen molar-refractivity contribution in [2.75, 3.05) is 5.32 Å². The maximum atomic E-state index is 4.89. The summed E-state index contributed by atoms with van der Waals surface area (Å²) in [7, 11) is 0. The molecule has 1 aliphatic rings. The Kier molecular flexibility index (Phi) is 5.92. The minimum atomic E-state index is 0.465. The van der Waals surface area contributed by atoms with Gasteiger partial charge < -0.3 is 9.88 Å². The summed E-state index contributed by atoms with van der Waals surface area (Å²) in [6.07, 6.45) is 13.7. The first kappa shape index (κ1) is 20.4. The molecular formula is C26H28N6. The molecular weight excluding hydrogens is 396 g/mol. The van der Waals surface area contributed by atoms with E-state index in [0.717, 1.165) is 28.2 Å². The second kappa shape index (κ2) is 9.30. The van der Waals surface area contributed by atoms with Gasteiger partial charge in [0.15, 0.2) is 0 Å². The lowest BCUT2D eigenvalue weighted by Gasteiger charge is -2.25. The molecule has 0 bridgehead atoms. The van der Waals surface area contributed by atoms with E-state index in [-0.39, 0.29) is 0 Å². The zero-order valence-corrected chi connectivity index (χ0v) is 18.4. The summed E-state index contributed by atoms with van der Waals surface area (Å²) in [5.41, 5.74) is 6.40. The van der Waals surface area contributed by atoms with Crippen LogP contribution in [0.15, 0.2) is 67.4 Å². The Morgan fingerprint density at radius 3 is 2.59 bits per heavy atom. The Morgan fingerprint density at radius 2 is 1.81 bits per heavy atom. The Labute approximate surface area is 188 Å². The summed E-state index contributed by atoms with van der Waals surface area (Å²) < 4.78 is 2.35. The van der Waals surface area contributed by atoms with E-state index in [2.05, 4.69) is 51.0 Å². The predicted molar refractivity (Wildman–Crippen MR) is 127 cm³/mol. The Balaban J connectivity index is 1.52. The third-order valence-corrected chi connectivity index (χ3v) is 6.16. The van der Waals surface area contributed by atoms with Crippen molar-refractivity contribution >= 4 is 5.95 Å². The first-order valence-electron chi connectivity index (χ1n) is 11.4. The molecule has 1 N–H and O–H groups in total. The topological polar surface area (TPSA) is 68.5 Å². The van der Waals surface area contributed by atoms with Crippen molar-refractivity contribution in [3.8, 4) is 22.6 Å². The molecule has 1 saturated carbocycles.